The van der Waals surface area contributed by atoms with Crippen molar-refractivity contribution < 1.29 is 12.8 Å². The van der Waals surface area contributed by atoms with Gasteiger partial charge in [-0.15, -0.1) is 24.0 Å². The highest BCUT2D eigenvalue weighted by molar-refractivity contribution is 14.0. The minimum Gasteiger partial charge on any atom is -0.464 e. The van der Waals surface area contributed by atoms with Crippen LogP contribution in [0.3, 0.4) is 0 Å². The average molecular weight is 498 g/mol. The van der Waals surface area contributed by atoms with Gasteiger partial charge in [0.2, 0.25) is 10.0 Å². The van der Waals surface area contributed by atoms with Gasteiger partial charge < -0.3 is 15.1 Å². The number of nitrogens with zero attached hydrogens (tertiary/aromatic N) is 2. The van der Waals surface area contributed by atoms with Gasteiger partial charge in [-0.2, -0.15) is 0 Å². The quantitative estimate of drug-likeness (QED) is 0.358. The van der Waals surface area contributed by atoms with Crippen LogP contribution in [0.25, 0.3) is 0 Å². The van der Waals surface area contributed by atoms with E-state index in [0.29, 0.717) is 25.6 Å². The van der Waals surface area contributed by atoms with Crippen molar-refractivity contribution in [1.29, 1.82) is 0 Å². The van der Waals surface area contributed by atoms with E-state index in [-0.39, 0.29) is 30.0 Å². The normalized spacial score (nSPS) is 18.2. The van der Waals surface area contributed by atoms with Crippen molar-refractivity contribution in [2.45, 2.75) is 39.7 Å². The molecular weight excluding hydrogens is 467 g/mol. The Morgan fingerprint density at radius 1 is 1.38 bits per heavy atom. The van der Waals surface area contributed by atoms with Crippen LogP contribution < -0.4 is 10.6 Å². The van der Waals surface area contributed by atoms with Crippen LogP contribution in [0.2, 0.25) is 0 Å². The second kappa shape index (κ2) is 10.5. The summed E-state index contributed by atoms with van der Waals surface area (Å²) in [5.41, 5.74) is 0. The molecule has 26 heavy (non-hydrogen) atoms. The molecule has 0 spiro atoms. The maximum absolute atomic E-state index is 11.6. The Morgan fingerprint density at radius 3 is 2.54 bits per heavy atom. The maximum Gasteiger partial charge on any atom is 0.211 e. The van der Waals surface area contributed by atoms with E-state index in [1.165, 1.54) is 6.26 Å². The van der Waals surface area contributed by atoms with Gasteiger partial charge in [-0.1, -0.05) is 0 Å². The van der Waals surface area contributed by atoms with Gasteiger partial charge in [-0.3, -0.25) is 4.99 Å². The number of sulfonamides is 1. The molecule has 2 heterocycles. The highest BCUT2D eigenvalue weighted by Gasteiger charge is 2.24. The fraction of sp³-hybridized carbons (Fsp3) is 0.706. The summed E-state index contributed by atoms with van der Waals surface area (Å²) in [4.78, 5) is 4.68. The third-order valence-corrected chi connectivity index (χ3v) is 5.74. The summed E-state index contributed by atoms with van der Waals surface area (Å²) in [6.45, 7) is 8.65. The maximum atomic E-state index is 11.6. The molecule has 1 saturated heterocycles. The summed E-state index contributed by atoms with van der Waals surface area (Å²) in [6.07, 6.45) is 2.97. The molecule has 0 amide bonds. The first-order chi connectivity index (χ1) is 11.8. The van der Waals surface area contributed by atoms with Gasteiger partial charge in [0.05, 0.1) is 12.3 Å². The molecule has 0 radical (unpaired) electrons. The summed E-state index contributed by atoms with van der Waals surface area (Å²) in [6, 6.07) is 3.95. The van der Waals surface area contributed by atoms with Gasteiger partial charge in [-0.05, 0) is 51.7 Å². The number of hydrogen-bond donors (Lipinski definition) is 2. The Kier molecular flexibility index (Phi) is 9.39. The summed E-state index contributed by atoms with van der Waals surface area (Å²) < 4.78 is 30.4. The molecule has 9 heteroatoms. The van der Waals surface area contributed by atoms with Crippen molar-refractivity contribution in [3.63, 3.8) is 0 Å². The number of furan rings is 1. The Balaban J connectivity index is 0.00000338. The lowest BCUT2D eigenvalue weighted by Gasteiger charge is -2.29. The number of nitrogens with one attached hydrogen (secondary N) is 2. The Hall–Kier alpha value is -0.810. The number of aliphatic imine (C=N–C) groups is 1. The molecule has 1 aliphatic heterocycles. The number of hydrogen-bond acceptors (Lipinski definition) is 4. The molecule has 1 fully saturated rings. The van der Waals surface area contributed by atoms with Gasteiger partial charge in [-0.25, -0.2) is 12.7 Å². The largest absolute Gasteiger partial charge is 0.464 e. The van der Waals surface area contributed by atoms with Crippen molar-refractivity contribution in [3.8, 4) is 0 Å². The van der Waals surface area contributed by atoms with Crippen LogP contribution in [0.5, 0.6) is 0 Å². The average Bonchev–Trinajstić information content (AvgIpc) is 2.99. The molecule has 0 aromatic carbocycles. The van der Waals surface area contributed by atoms with E-state index in [0.717, 1.165) is 36.9 Å². The molecule has 1 aromatic rings. The monoisotopic (exact) mass is 498 g/mol. The van der Waals surface area contributed by atoms with Gasteiger partial charge >= 0.3 is 0 Å². The van der Waals surface area contributed by atoms with Crippen LogP contribution >= 0.6 is 24.0 Å². The minimum atomic E-state index is -3.07. The zero-order valence-electron chi connectivity index (χ0n) is 16.0. The Morgan fingerprint density at radius 2 is 2.04 bits per heavy atom. The number of rotatable bonds is 6. The van der Waals surface area contributed by atoms with Gasteiger partial charge in [0, 0.05) is 26.2 Å². The van der Waals surface area contributed by atoms with Crippen LogP contribution in [0.1, 0.15) is 44.3 Å². The molecule has 0 aliphatic carbocycles. The smallest absolute Gasteiger partial charge is 0.211 e. The number of halogens is 1. The molecule has 1 aromatic heterocycles. The lowest BCUT2D eigenvalue weighted by Crippen LogP contribution is -2.40. The van der Waals surface area contributed by atoms with E-state index in [9.17, 15) is 8.42 Å². The predicted octanol–water partition coefficient (Wildman–Crippen LogP) is 2.49. The molecule has 0 saturated carbocycles. The fourth-order valence-electron chi connectivity index (χ4n) is 2.93. The van der Waals surface area contributed by atoms with Crippen LogP contribution in [-0.4, -0.2) is 51.1 Å². The third-order valence-electron chi connectivity index (χ3n) is 4.44. The molecule has 1 unspecified atom stereocenters. The molecule has 2 N–H and O–H groups in total. The fourth-order valence-corrected chi connectivity index (χ4v) is 3.80. The Bertz CT molecular complexity index is 682. The van der Waals surface area contributed by atoms with E-state index in [2.05, 4.69) is 15.6 Å². The Labute approximate surface area is 174 Å². The summed E-state index contributed by atoms with van der Waals surface area (Å²) in [7, 11) is -3.07. The van der Waals surface area contributed by atoms with Crippen LogP contribution in [0, 0.1) is 12.8 Å². The zero-order valence-corrected chi connectivity index (χ0v) is 19.1. The number of aryl methyl sites for hydroxylation is 1. The molecule has 150 valence electrons. The SMILES string of the molecule is CCNC(=NCC1CCN(S(C)(=O)=O)CC1)NC(C)c1ccc(C)o1.I. The summed E-state index contributed by atoms with van der Waals surface area (Å²) in [5, 5.41) is 6.61. The second-order valence-electron chi connectivity index (χ2n) is 6.64. The van der Waals surface area contributed by atoms with Crippen LogP contribution in [0.4, 0.5) is 0 Å². The lowest BCUT2D eigenvalue weighted by molar-refractivity contribution is 0.280. The number of guanidine groups is 1. The summed E-state index contributed by atoms with van der Waals surface area (Å²) in [5.74, 6) is 2.94. The van der Waals surface area contributed by atoms with Gasteiger partial charge in [0.25, 0.3) is 0 Å². The predicted molar refractivity (Wildman–Crippen MR) is 116 cm³/mol. The highest BCUT2D eigenvalue weighted by atomic mass is 127. The van der Waals surface area contributed by atoms with Crippen LogP contribution in [-0.2, 0) is 10.0 Å². The topological polar surface area (TPSA) is 86.9 Å². The van der Waals surface area contributed by atoms with E-state index < -0.39 is 10.0 Å². The molecule has 1 aliphatic rings. The van der Waals surface area contributed by atoms with E-state index in [1.54, 1.807) is 4.31 Å². The number of piperidine rings is 1. The standard InChI is InChI=1S/C17H30N4O3S.HI/c1-5-18-17(20-14(3)16-7-6-13(2)24-16)19-12-15-8-10-21(11-9-15)25(4,22)23;/h6-7,14-15H,5,8-12H2,1-4H3,(H2,18,19,20);1H. The van der Waals surface area contributed by atoms with Crippen molar-refractivity contribution in [2.24, 2.45) is 10.9 Å². The highest BCUT2D eigenvalue weighted by Crippen LogP contribution is 2.19. The first kappa shape index (κ1) is 23.2. The van der Waals surface area contributed by atoms with Crippen molar-refractivity contribution >= 4 is 40.0 Å². The molecule has 2 rings (SSSR count). The van der Waals surface area contributed by atoms with E-state index in [1.807, 2.05) is 32.9 Å². The second-order valence-corrected chi connectivity index (χ2v) is 8.62. The lowest BCUT2D eigenvalue weighted by atomic mass is 9.98. The first-order valence-corrected chi connectivity index (χ1v) is 10.7. The first-order valence-electron chi connectivity index (χ1n) is 8.86. The van der Waals surface area contributed by atoms with E-state index >= 15 is 0 Å². The third kappa shape index (κ3) is 7.07. The molecule has 1 atom stereocenters. The molecule has 0 bridgehead atoms. The van der Waals surface area contributed by atoms with Crippen molar-refractivity contribution in [1.82, 2.24) is 14.9 Å². The van der Waals surface area contributed by atoms with E-state index in [4.69, 9.17) is 4.42 Å². The van der Waals surface area contributed by atoms with Gasteiger partial charge in [0.1, 0.15) is 11.5 Å². The van der Waals surface area contributed by atoms with Crippen molar-refractivity contribution in [2.75, 3.05) is 32.4 Å². The molecular formula is C17H31IN4O3S. The van der Waals surface area contributed by atoms with Crippen molar-refractivity contribution in [3.05, 3.63) is 23.7 Å². The molecule has 7 nitrogen and oxygen atoms in total. The summed E-state index contributed by atoms with van der Waals surface area (Å²) >= 11 is 0. The minimum absolute atomic E-state index is 0. The zero-order chi connectivity index (χ0) is 18.4. The van der Waals surface area contributed by atoms with Gasteiger partial charge in [0.15, 0.2) is 5.96 Å². The van der Waals surface area contributed by atoms with Crippen LogP contribution in [0.15, 0.2) is 21.5 Å².